The van der Waals surface area contributed by atoms with Crippen LogP contribution in [0.1, 0.15) is 30.0 Å². The van der Waals surface area contributed by atoms with Gasteiger partial charge in [0.15, 0.2) is 0 Å². The van der Waals surface area contributed by atoms with Crippen LogP contribution in [0.3, 0.4) is 0 Å². The van der Waals surface area contributed by atoms with E-state index in [0.717, 1.165) is 31.9 Å². The molecule has 1 heterocycles. The van der Waals surface area contributed by atoms with Crippen molar-refractivity contribution in [2.45, 2.75) is 31.3 Å². The van der Waals surface area contributed by atoms with Crippen molar-refractivity contribution in [3.63, 3.8) is 0 Å². The minimum absolute atomic E-state index is 0.295. The van der Waals surface area contributed by atoms with E-state index in [-0.39, 0.29) is 0 Å². The second kappa shape index (κ2) is 6.12. The highest BCUT2D eigenvalue weighted by Crippen LogP contribution is 2.36. The molecular formula is C16H24N2O2. The molecule has 0 saturated heterocycles. The van der Waals surface area contributed by atoms with Gasteiger partial charge in [-0.15, -0.1) is 0 Å². The van der Waals surface area contributed by atoms with Crippen molar-refractivity contribution in [1.82, 2.24) is 4.90 Å². The van der Waals surface area contributed by atoms with Crippen LogP contribution in [-0.4, -0.2) is 44.4 Å². The Balaban J connectivity index is 1.80. The summed E-state index contributed by atoms with van der Waals surface area (Å²) in [4.78, 5) is 2.51. The minimum Gasteiger partial charge on any atom is -0.493 e. The normalized spacial score (nSPS) is 18.9. The number of hydrogen-bond donors (Lipinski definition) is 1. The molecule has 20 heavy (non-hydrogen) atoms. The molecule has 4 nitrogen and oxygen atoms in total. The molecule has 1 aromatic carbocycles. The van der Waals surface area contributed by atoms with Gasteiger partial charge in [0.05, 0.1) is 13.2 Å². The van der Waals surface area contributed by atoms with Crippen LogP contribution in [0, 0.1) is 0 Å². The molecule has 1 aromatic rings. The molecule has 2 aliphatic rings. The van der Waals surface area contributed by atoms with Gasteiger partial charge < -0.3 is 15.2 Å². The summed E-state index contributed by atoms with van der Waals surface area (Å²) in [5, 5.41) is 0. The third-order valence-corrected chi connectivity index (χ3v) is 4.29. The highest BCUT2D eigenvalue weighted by atomic mass is 16.5. The molecule has 4 heteroatoms. The lowest BCUT2D eigenvalue weighted by atomic mass is 10.0. The lowest BCUT2D eigenvalue weighted by molar-refractivity contribution is 0.115. The Bertz CT molecular complexity index is 460. The highest BCUT2D eigenvalue weighted by molar-refractivity contribution is 5.41. The minimum atomic E-state index is 0.295. The van der Waals surface area contributed by atoms with Crippen LogP contribution in [0.2, 0.25) is 0 Å². The number of methoxy groups -OCH3 is 1. The Morgan fingerprint density at radius 3 is 3.00 bits per heavy atom. The zero-order valence-electron chi connectivity index (χ0n) is 12.2. The SMILES string of the molecule is COCCN(C1CC1)C(CN)c1ccc2c(c1)CCO2. The van der Waals surface area contributed by atoms with Crippen molar-refractivity contribution >= 4 is 0 Å². The van der Waals surface area contributed by atoms with Crippen LogP contribution < -0.4 is 10.5 Å². The number of nitrogens with zero attached hydrogens (tertiary/aromatic N) is 1. The summed E-state index contributed by atoms with van der Waals surface area (Å²) in [6, 6.07) is 7.53. The molecule has 2 N–H and O–H groups in total. The molecule has 1 unspecified atom stereocenters. The van der Waals surface area contributed by atoms with E-state index >= 15 is 0 Å². The van der Waals surface area contributed by atoms with Gasteiger partial charge in [0.25, 0.3) is 0 Å². The average Bonchev–Trinajstić information content (AvgIpc) is 3.20. The summed E-state index contributed by atoms with van der Waals surface area (Å²) in [6.45, 7) is 3.18. The fourth-order valence-electron chi connectivity index (χ4n) is 3.07. The number of ether oxygens (including phenoxy) is 2. The smallest absolute Gasteiger partial charge is 0.122 e. The molecule has 1 aliphatic heterocycles. The Kier molecular flexibility index (Phi) is 4.24. The van der Waals surface area contributed by atoms with Crippen molar-refractivity contribution in [3.8, 4) is 5.75 Å². The zero-order chi connectivity index (χ0) is 13.9. The van der Waals surface area contributed by atoms with E-state index in [2.05, 4.69) is 23.1 Å². The average molecular weight is 276 g/mol. The number of benzene rings is 1. The van der Waals surface area contributed by atoms with Gasteiger partial charge in [-0.25, -0.2) is 0 Å². The van der Waals surface area contributed by atoms with Gasteiger partial charge >= 0.3 is 0 Å². The van der Waals surface area contributed by atoms with Crippen LogP contribution in [0.15, 0.2) is 18.2 Å². The largest absolute Gasteiger partial charge is 0.493 e. The van der Waals surface area contributed by atoms with Crippen LogP contribution in [0.25, 0.3) is 0 Å². The standard InChI is InChI=1S/C16H24N2O2/c1-19-9-7-18(14-3-4-14)15(11-17)12-2-5-16-13(10-12)6-8-20-16/h2,5,10,14-15H,3-4,6-9,11,17H2,1H3. The van der Waals surface area contributed by atoms with E-state index in [1.54, 1.807) is 7.11 Å². The Labute approximate surface area is 120 Å². The zero-order valence-corrected chi connectivity index (χ0v) is 12.2. The fourth-order valence-corrected chi connectivity index (χ4v) is 3.07. The molecule has 1 fully saturated rings. The van der Waals surface area contributed by atoms with Crippen molar-refractivity contribution in [1.29, 1.82) is 0 Å². The Hall–Kier alpha value is -1.10. The molecular weight excluding hydrogens is 252 g/mol. The second-order valence-corrected chi connectivity index (χ2v) is 5.68. The maximum absolute atomic E-state index is 6.07. The lowest BCUT2D eigenvalue weighted by Gasteiger charge is -2.31. The lowest BCUT2D eigenvalue weighted by Crippen LogP contribution is -2.37. The highest BCUT2D eigenvalue weighted by Gasteiger charge is 2.34. The van der Waals surface area contributed by atoms with Gasteiger partial charge in [0, 0.05) is 38.7 Å². The maximum atomic E-state index is 6.07. The predicted octanol–water partition coefficient (Wildman–Crippen LogP) is 1.73. The maximum Gasteiger partial charge on any atom is 0.122 e. The van der Waals surface area contributed by atoms with Gasteiger partial charge in [-0.3, -0.25) is 4.90 Å². The first-order valence-corrected chi connectivity index (χ1v) is 7.54. The first kappa shape index (κ1) is 13.9. The van der Waals surface area contributed by atoms with E-state index in [9.17, 15) is 0 Å². The summed E-state index contributed by atoms with van der Waals surface area (Å²) >= 11 is 0. The summed E-state index contributed by atoms with van der Waals surface area (Å²) in [5.41, 5.74) is 8.72. The molecule has 0 amide bonds. The number of hydrogen-bond acceptors (Lipinski definition) is 4. The third kappa shape index (κ3) is 2.82. The van der Waals surface area contributed by atoms with Gasteiger partial charge in [0.2, 0.25) is 0 Å². The molecule has 0 spiro atoms. The summed E-state index contributed by atoms with van der Waals surface area (Å²) in [5.74, 6) is 1.04. The summed E-state index contributed by atoms with van der Waals surface area (Å²) < 4.78 is 10.8. The number of nitrogens with two attached hydrogens (primary N) is 1. The van der Waals surface area contributed by atoms with Gasteiger partial charge in [0.1, 0.15) is 5.75 Å². The van der Waals surface area contributed by atoms with Gasteiger partial charge in [-0.2, -0.15) is 0 Å². The van der Waals surface area contributed by atoms with Crippen molar-refractivity contribution in [2.24, 2.45) is 5.73 Å². The topological polar surface area (TPSA) is 47.7 Å². The van der Waals surface area contributed by atoms with Crippen LogP contribution in [0.5, 0.6) is 5.75 Å². The molecule has 1 aliphatic carbocycles. The van der Waals surface area contributed by atoms with E-state index in [1.807, 2.05) is 0 Å². The first-order chi connectivity index (χ1) is 9.83. The Morgan fingerprint density at radius 2 is 2.30 bits per heavy atom. The molecule has 0 radical (unpaired) electrons. The molecule has 110 valence electrons. The van der Waals surface area contributed by atoms with Crippen molar-refractivity contribution in [3.05, 3.63) is 29.3 Å². The van der Waals surface area contributed by atoms with Crippen molar-refractivity contribution in [2.75, 3.05) is 33.4 Å². The molecule has 3 rings (SSSR count). The van der Waals surface area contributed by atoms with E-state index in [4.69, 9.17) is 15.2 Å². The van der Waals surface area contributed by atoms with E-state index < -0.39 is 0 Å². The molecule has 1 atom stereocenters. The fraction of sp³-hybridized carbons (Fsp3) is 0.625. The predicted molar refractivity (Wildman–Crippen MR) is 79.0 cm³/mol. The van der Waals surface area contributed by atoms with Crippen LogP contribution >= 0.6 is 0 Å². The monoisotopic (exact) mass is 276 g/mol. The van der Waals surface area contributed by atoms with Crippen LogP contribution in [0.4, 0.5) is 0 Å². The summed E-state index contributed by atoms with van der Waals surface area (Å²) in [6.07, 6.45) is 3.59. The molecule has 1 saturated carbocycles. The van der Waals surface area contributed by atoms with Gasteiger partial charge in [-0.1, -0.05) is 12.1 Å². The number of fused-ring (bicyclic) bond motifs is 1. The number of rotatable bonds is 7. The first-order valence-electron chi connectivity index (χ1n) is 7.54. The van der Waals surface area contributed by atoms with E-state index in [1.165, 1.54) is 24.0 Å². The van der Waals surface area contributed by atoms with Crippen molar-refractivity contribution < 1.29 is 9.47 Å². The molecule has 0 bridgehead atoms. The Morgan fingerprint density at radius 1 is 1.45 bits per heavy atom. The quantitative estimate of drug-likeness (QED) is 0.824. The van der Waals surface area contributed by atoms with Crippen LogP contribution in [-0.2, 0) is 11.2 Å². The van der Waals surface area contributed by atoms with Gasteiger partial charge in [-0.05, 0) is 30.0 Å². The van der Waals surface area contributed by atoms with E-state index in [0.29, 0.717) is 18.6 Å². The second-order valence-electron chi connectivity index (χ2n) is 5.68. The third-order valence-electron chi connectivity index (χ3n) is 4.29. The summed E-state index contributed by atoms with van der Waals surface area (Å²) in [7, 11) is 1.76. The molecule has 0 aromatic heterocycles.